The Balaban J connectivity index is 1.39. The summed E-state index contributed by atoms with van der Waals surface area (Å²) in [6, 6.07) is 34.0. The van der Waals surface area contributed by atoms with Crippen molar-refractivity contribution in [3.05, 3.63) is 121 Å². The van der Waals surface area contributed by atoms with E-state index in [-0.39, 0.29) is 0 Å². The molecular weight excluding hydrogens is 440 g/mol. The van der Waals surface area contributed by atoms with E-state index in [2.05, 4.69) is 88.0 Å². The van der Waals surface area contributed by atoms with E-state index in [1.165, 1.54) is 35.3 Å². The first-order valence-corrected chi connectivity index (χ1v) is 12.6. The van der Waals surface area contributed by atoms with E-state index in [4.69, 9.17) is 9.97 Å². The molecule has 3 heterocycles. The number of imidazole rings is 1. The highest BCUT2D eigenvalue weighted by Crippen LogP contribution is 2.35. The van der Waals surface area contributed by atoms with Crippen LogP contribution in [0.2, 0.25) is 0 Å². The van der Waals surface area contributed by atoms with E-state index < -0.39 is 0 Å². The fraction of sp³-hybridized carbons (Fsp3) is 0.125. The lowest BCUT2D eigenvalue weighted by molar-refractivity contribution is 0.666. The Morgan fingerprint density at radius 2 is 1.25 bits per heavy atom. The molecular formula is C32H26N4. The highest BCUT2D eigenvalue weighted by molar-refractivity contribution is 5.84. The van der Waals surface area contributed by atoms with Crippen molar-refractivity contribution in [2.45, 2.75) is 25.7 Å². The fourth-order valence-electron chi connectivity index (χ4n) is 5.61. The molecule has 0 fully saturated rings. The summed E-state index contributed by atoms with van der Waals surface area (Å²) in [6.07, 6.45) is 8.59. The number of aryl methyl sites for hydroxylation is 1. The summed E-state index contributed by atoms with van der Waals surface area (Å²) in [5.74, 6) is 0.940. The predicted octanol–water partition coefficient (Wildman–Crippen LogP) is 7.42. The second kappa shape index (κ2) is 8.65. The third kappa shape index (κ3) is 3.37. The van der Waals surface area contributed by atoms with Crippen LogP contribution in [0.15, 0.2) is 109 Å². The summed E-state index contributed by atoms with van der Waals surface area (Å²) in [5.41, 5.74) is 10.8. The molecule has 0 saturated heterocycles. The smallest absolute Gasteiger partial charge is 0.144 e. The maximum Gasteiger partial charge on any atom is 0.144 e. The van der Waals surface area contributed by atoms with Gasteiger partial charge in [-0.2, -0.15) is 0 Å². The number of fused-ring (bicyclic) bond motifs is 3. The molecule has 0 aliphatic heterocycles. The van der Waals surface area contributed by atoms with E-state index >= 15 is 0 Å². The first kappa shape index (κ1) is 20.9. The quantitative estimate of drug-likeness (QED) is 0.271. The highest BCUT2D eigenvalue weighted by Gasteiger charge is 2.22. The second-order valence-corrected chi connectivity index (χ2v) is 9.39. The van der Waals surface area contributed by atoms with Gasteiger partial charge in [0.25, 0.3) is 0 Å². The molecule has 0 radical (unpaired) electrons. The molecule has 0 unspecified atom stereocenters. The second-order valence-electron chi connectivity index (χ2n) is 9.39. The van der Waals surface area contributed by atoms with Gasteiger partial charge in [0, 0.05) is 34.4 Å². The van der Waals surface area contributed by atoms with E-state index in [1.807, 2.05) is 30.6 Å². The van der Waals surface area contributed by atoms with E-state index in [0.717, 1.165) is 46.7 Å². The zero-order chi connectivity index (χ0) is 23.9. The largest absolute Gasteiger partial charge is 0.312 e. The Bertz CT molecular complexity index is 1600. The van der Waals surface area contributed by atoms with Crippen LogP contribution in [0.5, 0.6) is 0 Å². The fourth-order valence-corrected chi connectivity index (χ4v) is 5.61. The zero-order valence-corrected chi connectivity index (χ0v) is 20.0. The predicted molar refractivity (Wildman–Crippen MR) is 146 cm³/mol. The molecule has 6 aromatic rings. The number of pyridine rings is 1. The van der Waals surface area contributed by atoms with Gasteiger partial charge in [-0.25, -0.2) is 4.98 Å². The summed E-state index contributed by atoms with van der Waals surface area (Å²) in [7, 11) is 0. The summed E-state index contributed by atoms with van der Waals surface area (Å²) < 4.78 is 4.68. The van der Waals surface area contributed by atoms with E-state index in [1.54, 1.807) is 0 Å². The van der Waals surface area contributed by atoms with Crippen LogP contribution in [0, 0.1) is 0 Å². The Labute approximate surface area is 210 Å². The van der Waals surface area contributed by atoms with Gasteiger partial charge < -0.3 is 4.57 Å². The average molecular weight is 467 g/mol. The Morgan fingerprint density at radius 1 is 0.583 bits per heavy atom. The highest BCUT2D eigenvalue weighted by atomic mass is 15.1. The van der Waals surface area contributed by atoms with Crippen LogP contribution in [0.3, 0.4) is 0 Å². The number of benzene rings is 3. The molecule has 0 bridgehead atoms. The maximum atomic E-state index is 4.86. The minimum atomic E-state index is 0.940. The molecule has 0 amide bonds. The van der Waals surface area contributed by atoms with Crippen LogP contribution in [0.25, 0.3) is 45.1 Å². The van der Waals surface area contributed by atoms with Crippen LogP contribution in [0.1, 0.15) is 24.1 Å². The normalized spacial score (nSPS) is 13.1. The Kier molecular flexibility index (Phi) is 5.02. The molecule has 0 spiro atoms. The monoisotopic (exact) mass is 466 g/mol. The van der Waals surface area contributed by atoms with Gasteiger partial charge in [0.05, 0.1) is 22.9 Å². The van der Waals surface area contributed by atoms with Crippen LogP contribution >= 0.6 is 0 Å². The molecule has 7 rings (SSSR count). The number of nitrogens with zero attached hydrogens (tertiary/aromatic N) is 4. The molecule has 0 atom stereocenters. The first-order valence-electron chi connectivity index (χ1n) is 12.6. The molecule has 0 saturated carbocycles. The minimum Gasteiger partial charge on any atom is -0.312 e. The maximum absolute atomic E-state index is 4.86. The first-order chi connectivity index (χ1) is 17.9. The molecule has 174 valence electrons. The zero-order valence-electron chi connectivity index (χ0n) is 20.0. The summed E-state index contributed by atoms with van der Waals surface area (Å²) >= 11 is 0. The van der Waals surface area contributed by atoms with Crippen LogP contribution in [-0.2, 0) is 12.8 Å². The lowest BCUT2D eigenvalue weighted by Gasteiger charge is -2.17. The van der Waals surface area contributed by atoms with Crippen molar-refractivity contribution < 1.29 is 0 Å². The van der Waals surface area contributed by atoms with Gasteiger partial charge >= 0.3 is 0 Å². The minimum absolute atomic E-state index is 0.940. The van der Waals surface area contributed by atoms with Crippen molar-refractivity contribution in [3.63, 3.8) is 0 Å². The van der Waals surface area contributed by atoms with E-state index in [0.29, 0.717) is 0 Å². The van der Waals surface area contributed by atoms with Gasteiger partial charge in [0.1, 0.15) is 5.82 Å². The molecule has 36 heavy (non-hydrogen) atoms. The number of rotatable bonds is 4. The molecule has 1 aliphatic rings. The topological polar surface area (TPSA) is 35.6 Å². The van der Waals surface area contributed by atoms with Gasteiger partial charge in [-0.05, 0) is 67.6 Å². The lowest BCUT2D eigenvalue weighted by Crippen LogP contribution is -2.07. The summed E-state index contributed by atoms with van der Waals surface area (Å²) in [4.78, 5) is 9.62. The molecule has 1 aliphatic carbocycles. The van der Waals surface area contributed by atoms with Gasteiger partial charge in [0.15, 0.2) is 0 Å². The number of aromatic nitrogens is 4. The van der Waals surface area contributed by atoms with Crippen molar-refractivity contribution in [1.82, 2.24) is 19.1 Å². The third-order valence-corrected chi connectivity index (χ3v) is 7.25. The van der Waals surface area contributed by atoms with Crippen LogP contribution in [-0.4, -0.2) is 19.1 Å². The number of hydrogen-bond acceptors (Lipinski definition) is 2. The summed E-state index contributed by atoms with van der Waals surface area (Å²) in [5, 5.41) is 0. The van der Waals surface area contributed by atoms with Crippen molar-refractivity contribution in [3.8, 4) is 34.0 Å². The summed E-state index contributed by atoms with van der Waals surface area (Å²) in [6.45, 7) is 0. The standard InChI is InChI=1S/C32H26N4/c1-3-10-23(11-4-1)30-22-34-32(24-12-5-2-6-13-24)36(30)26-19-17-25(18-20-26)35-28-15-8-7-14-27(28)31-29(35)16-9-21-33-31/h1-6,9-13,16-22H,7-8,14-15H2. The van der Waals surface area contributed by atoms with Gasteiger partial charge in [0.2, 0.25) is 0 Å². The lowest BCUT2D eigenvalue weighted by atomic mass is 9.97. The number of hydrogen-bond donors (Lipinski definition) is 0. The SMILES string of the molecule is c1ccc(-c2cnc(-c3ccccc3)n2-c2ccc(-n3c4c(c5ncccc53)CCCC4)cc2)cc1. The van der Waals surface area contributed by atoms with Crippen molar-refractivity contribution in [1.29, 1.82) is 0 Å². The molecule has 3 aromatic carbocycles. The molecule has 0 N–H and O–H groups in total. The van der Waals surface area contributed by atoms with Gasteiger partial charge in [-0.3, -0.25) is 9.55 Å². The average Bonchev–Trinajstić information content (AvgIpc) is 3.54. The molecule has 4 nitrogen and oxygen atoms in total. The van der Waals surface area contributed by atoms with Crippen molar-refractivity contribution >= 4 is 11.0 Å². The Morgan fingerprint density at radius 3 is 2.00 bits per heavy atom. The molecule has 3 aromatic heterocycles. The molecule has 4 heteroatoms. The third-order valence-electron chi connectivity index (χ3n) is 7.25. The van der Waals surface area contributed by atoms with Crippen LogP contribution < -0.4 is 0 Å². The van der Waals surface area contributed by atoms with Crippen molar-refractivity contribution in [2.24, 2.45) is 0 Å². The van der Waals surface area contributed by atoms with Gasteiger partial charge in [-0.15, -0.1) is 0 Å². The van der Waals surface area contributed by atoms with Crippen LogP contribution in [0.4, 0.5) is 0 Å². The Hall–Kier alpha value is -4.44. The van der Waals surface area contributed by atoms with Gasteiger partial charge in [-0.1, -0.05) is 60.7 Å². The van der Waals surface area contributed by atoms with Crippen molar-refractivity contribution in [2.75, 3.05) is 0 Å². The van der Waals surface area contributed by atoms with E-state index in [9.17, 15) is 0 Å².